The van der Waals surface area contributed by atoms with E-state index in [4.69, 9.17) is 15.2 Å². The van der Waals surface area contributed by atoms with Crippen LogP contribution < -0.4 is 15.2 Å². The van der Waals surface area contributed by atoms with E-state index in [-0.39, 0.29) is 24.7 Å². The highest BCUT2D eigenvalue weighted by molar-refractivity contribution is 9.11. The Morgan fingerprint density at radius 3 is 2.53 bits per heavy atom. The molecule has 0 unspecified atom stereocenters. The average molecular weight is 591 g/mol. The second kappa shape index (κ2) is 10.6. The van der Waals surface area contributed by atoms with Crippen LogP contribution in [0.4, 0.5) is 4.39 Å². The number of ether oxygens (including phenoxy) is 2. The molecule has 1 amide bonds. The van der Waals surface area contributed by atoms with Gasteiger partial charge in [0.05, 0.1) is 17.6 Å². The van der Waals surface area contributed by atoms with Crippen molar-refractivity contribution in [2.24, 2.45) is 5.73 Å². The highest BCUT2D eigenvalue weighted by Crippen LogP contribution is 2.35. The van der Waals surface area contributed by atoms with Crippen molar-refractivity contribution in [2.75, 3.05) is 13.2 Å². The van der Waals surface area contributed by atoms with Crippen LogP contribution in [-0.4, -0.2) is 28.9 Å². The fourth-order valence-electron chi connectivity index (χ4n) is 3.49. The molecule has 0 aliphatic carbocycles. The normalized spacial score (nSPS) is 11.1. The summed E-state index contributed by atoms with van der Waals surface area (Å²) in [7, 11) is 0. The van der Waals surface area contributed by atoms with Crippen molar-refractivity contribution in [3.63, 3.8) is 0 Å². The van der Waals surface area contributed by atoms with Gasteiger partial charge in [-0.3, -0.25) is 4.79 Å². The predicted octanol–water partition coefficient (Wildman–Crippen LogP) is 6.33. The standard InChI is InChI=1S/C25H22Br2FN3O3/c1-2-12-34-25-22(28)23(15-3-5-16(6-4-15)24(29)32)30-31(25)11-13-33-20-10-7-17-14-18(26)8-9-19(17)21(20)27/h3-10,14H,2,11-13H2,1H3,(H2,29,32). The summed E-state index contributed by atoms with van der Waals surface area (Å²) in [6.07, 6.45) is 0.726. The number of nitrogens with two attached hydrogens (primary N) is 1. The van der Waals surface area contributed by atoms with E-state index in [2.05, 4.69) is 37.0 Å². The molecule has 0 saturated heterocycles. The van der Waals surface area contributed by atoms with E-state index in [1.165, 1.54) is 4.68 Å². The molecule has 6 nitrogen and oxygen atoms in total. The summed E-state index contributed by atoms with van der Waals surface area (Å²) < 4.78 is 30.2. The first-order chi connectivity index (χ1) is 16.4. The predicted molar refractivity (Wildman–Crippen MR) is 137 cm³/mol. The van der Waals surface area contributed by atoms with E-state index in [9.17, 15) is 4.79 Å². The molecule has 0 bridgehead atoms. The number of benzene rings is 3. The van der Waals surface area contributed by atoms with Crippen LogP contribution in [0.2, 0.25) is 0 Å². The first-order valence-electron chi connectivity index (χ1n) is 10.7. The number of rotatable bonds is 9. The van der Waals surface area contributed by atoms with Crippen molar-refractivity contribution in [2.45, 2.75) is 19.9 Å². The van der Waals surface area contributed by atoms with E-state index >= 15 is 4.39 Å². The van der Waals surface area contributed by atoms with Crippen molar-refractivity contribution in [1.29, 1.82) is 0 Å². The third-order valence-corrected chi connectivity index (χ3v) is 6.49. The largest absolute Gasteiger partial charge is 0.490 e. The van der Waals surface area contributed by atoms with Crippen molar-refractivity contribution in [3.05, 3.63) is 74.9 Å². The Morgan fingerprint density at radius 2 is 1.82 bits per heavy atom. The van der Waals surface area contributed by atoms with Crippen molar-refractivity contribution >= 4 is 48.5 Å². The quantitative estimate of drug-likeness (QED) is 0.247. The van der Waals surface area contributed by atoms with E-state index < -0.39 is 11.7 Å². The average Bonchev–Trinajstić information content (AvgIpc) is 3.14. The van der Waals surface area contributed by atoms with Crippen LogP contribution in [0.15, 0.2) is 63.5 Å². The van der Waals surface area contributed by atoms with Gasteiger partial charge in [0.25, 0.3) is 0 Å². The van der Waals surface area contributed by atoms with Gasteiger partial charge < -0.3 is 15.2 Å². The zero-order valence-electron chi connectivity index (χ0n) is 18.4. The highest BCUT2D eigenvalue weighted by atomic mass is 79.9. The van der Waals surface area contributed by atoms with Crippen molar-refractivity contribution in [1.82, 2.24) is 9.78 Å². The van der Waals surface area contributed by atoms with Gasteiger partial charge in [-0.05, 0) is 63.5 Å². The maximum absolute atomic E-state index is 15.2. The second-order valence-corrected chi connectivity index (χ2v) is 9.28. The van der Waals surface area contributed by atoms with Gasteiger partial charge in [0.2, 0.25) is 17.6 Å². The number of halogens is 3. The summed E-state index contributed by atoms with van der Waals surface area (Å²) >= 11 is 7.11. The molecule has 34 heavy (non-hydrogen) atoms. The van der Waals surface area contributed by atoms with E-state index in [0.717, 1.165) is 26.1 Å². The van der Waals surface area contributed by atoms with Gasteiger partial charge in [-0.15, -0.1) is 0 Å². The number of primary amides is 1. The summed E-state index contributed by atoms with van der Waals surface area (Å²) in [6.45, 7) is 2.83. The zero-order valence-corrected chi connectivity index (χ0v) is 21.5. The number of hydrogen-bond acceptors (Lipinski definition) is 4. The summed E-state index contributed by atoms with van der Waals surface area (Å²) in [5, 5.41) is 6.53. The van der Waals surface area contributed by atoms with Crippen LogP contribution in [0.1, 0.15) is 23.7 Å². The highest BCUT2D eigenvalue weighted by Gasteiger charge is 2.21. The van der Waals surface area contributed by atoms with Crippen LogP contribution in [0.3, 0.4) is 0 Å². The smallest absolute Gasteiger partial charge is 0.249 e. The van der Waals surface area contributed by atoms with Gasteiger partial charge >= 0.3 is 0 Å². The SMILES string of the molecule is CCCOc1c(F)c(-c2ccc(C(N)=O)cc2)nn1CCOc1ccc2cc(Br)ccc2c1Br. The lowest BCUT2D eigenvalue weighted by Gasteiger charge is -2.12. The fourth-order valence-corrected chi connectivity index (χ4v) is 4.47. The molecule has 0 atom stereocenters. The summed E-state index contributed by atoms with van der Waals surface area (Å²) in [6, 6.07) is 16.2. The molecule has 0 aliphatic heterocycles. The van der Waals surface area contributed by atoms with E-state index in [0.29, 0.717) is 23.5 Å². The molecule has 0 radical (unpaired) electrons. The number of carbonyl (C=O) groups is 1. The van der Waals surface area contributed by atoms with Crippen LogP contribution in [0, 0.1) is 5.82 Å². The second-order valence-electron chi connectivity index (χ2n) is 7.57. The molecule has 3 aromatic carbocycles. The number of aromatic nitrogens is 2. The van der Waals surface area contributed by atoms with Crippen LogP contribution in [0.25, 0.3) is 22.0 Å². The molecule has 4 aromatic rings. The molecule has 2 N–H and O–H groups in total. The molecule has 0 fully saturated rings. The van der Waals surface area contributed by atoms with Gasteiger partial charge in [-0.1, -0.05) is 47.1 Å². The van der Waals surface area contributed by atoms with Gasteiger partial charge in [0, 0.05) is 15.6 Å². The maximum atomic E-state index is 15.2. The van der Waals surface area contributed by atoms with Gasteiger partial charge in [0.1, 0.15) is 18.1 Å². The van der Waals surface area contributed by atoms with Crippen molar-refractivity contribution < 1.29 is 18.7 Å². The molecular formula is C25H22Br2FN3O3. The lowest BCUT2D eigenvalue weighted by Crippen LogP contribution is -2.12. The number of carbonyl (C=O) groups excluding carboxylic acids is 1. The Kier molecular flexibility index (Phi) is 7.53. The molecule has 1 aromatic heterocycles. The summed E-state index contributed by atoms with van der Waals surface area (Å²) in [5.74, 6) is -0.366. The first-order valence-corrected chi connectivity index (χ1v) is 12.3. The fraction of sp³-hybridized carbons (Fsp3) is 0.200. The van der Waals surface area contributed by atoms with Crippen LogP contribution in [-0.2, 0) is 6.54 Å². The summed E-state index contributed by atoms with van der Waals surface area (Å²) in [4.78, 5) is 11.3. The lowest BCUT2D eigenvalue weighted by molar-refractivity contribution is 0.100. The molecule has 1 heterocycles. The topological polar surface area (TPSA) is 79.4 Å². The first kappa shape index (κ1) is 24.2. The molecule has 0 spiro atoms. The lowest BCUT2D eigenvalue weighted by atomic mass is 10.1. The van der Waals surface area contributed by atoms with Crippen LogP contribution in [0.5, 0.6) is 11.6 Å². The Labute approximate surface area is 213 Å². The molecule has 176 valence electrons. The van der Waals surface area contributed by atoms with Gasteiger partial charge in [-0.25, -0.2) is 4.68 Å². The maximum Gasteiger partial charge on any atom is 0.249 e. The number of nitrogens with zero attached hydrogens (tertiary/aromatic N) is 2. The minimum atomic E-state index is -0.558. The van der Waals surface area contributed by atoms with E-state index in [1.54, 1.807) is 24.3 Å². The number of hydrogen-bond donors (Lipinski definition) is 1. The third kappa shape index (κ3) is 5.10. The molecule has 0 aliphatic rings. The summed E-state index contributed by atoms with van der Waals surface area (Å²) in [5.41, 5.74) is 6.29. The Morgan fingerprint density at radius 1 is 1.06 bits per heavy atom. The Bertz CT molecular complexity index is 1340. The Hall–Kier alpha value is -2.91. The monoisotopic (exact) mass is 589 g/mol. The van der Waals surface area contributed by atoms with Crippen molar-refractivity contribution in [3.8, 4) is 22.9 Å². The molecule has 9 heteroatoms. The number of amides is 1. The third-order valence-electron chi connectivity index (χ3n) is 5.18. The van der Waals surface area contributed by atoms with Gasteiger partial charge in [0.15, 0.2) is 0 Å². The minimum absolute atomic E-state index is 0.0573. The van der Waals surface area contributed by atoms with Crippen LogP contribution >= 0.6 is 31.9 Å². The minimum Gasteiger partial charge on any atom is -0.490 e. The van der Waals surface area contributed by atoms with E-state index in [1.807, 2.05) is 37.3 Å². The molecular weight excluding hydrogens is 569 g/mol. The van der Waals surface area contributed by atoms with Gasteiger partial charge in [-0.2, -0.15) is 9.49 Å². The Balaban J connectivity index is 1.55. The molecule has 4 rings (SSSR count). The molecule has 0 saturated carbocycles. The zero-order chi connectivity index (χ0) is 24.2. The number of fused-ring (bicyclic) bond motifs is 1.